The van der Waals surface area contributed by atoms with Crippen molar-refractivity contribution in [2.24, 2.45) is 4.99 Å². The third-order valence-corrected chi connectivity index (χ3v) is 8.39. The van der Waals surface area contributed by atoms with Gasteiger partial charge in [0, 0.05) is 51.6 Å². The number of ether oxygens (including phenoxy) is 3. The first-order valence-corrected chi connectivity index (χ1v) is 16.5. The Labute approximate surface area is 287 Å². The van der Waals surface area contributed by atoms with Crippen molar-refractivity contribution in [3.8, 4) is 5.75 Å². The molecule has 12 heteroatoms. The van der Waals surface area contributed by atoms with Gasteiger partial charge in [-0.05, 0) is 81.6 Å². The maximum absolute atomic E-state index is 14.2. The third-order valence-electron chi connectivity index (χ3n) is 7.08. The van der Waals surface area contributed by atoms with Gasteiger partial charge in [-0.3, -0.25) is 15.0 Å². The van der Waals surface area contributed by atoms with Crippen LogP contribution in [-0.4, -0.2) is 53.8 Å². The molecule has 0 aliphatic carbocycles. The number of aliphatic imine (C=N–C) groups is 1. The van der Waals surface area contributed by atoms with Crippen molar-refractivity contribution in [1.29, 1.82) is 0 Å². The van der Waals surface area contributed by atoms with Crippen molar-refractivity contribution in [3.05, 3.63) is 97.9 Å². The Morgan fingerprint density at radius 1 is 1.09 bits per heavy atom. The number of hydrazine groups is 1. The minimum absolute atomic E-state index is 0.0102. The summed E-state index contributed by atoms with van der Waals surface area (Å²) in [6, 6.07) is 19.8. The van der Waals surface area contributed by atoms with Gasteiger partial charge >= 0.3 is 5.97 Å². The number of nitrogens with zero attached hydrogens (tertiary/aromatic N) is 1. The number of hydrogen-bond donors (Lipinski definition) is 3. The molecule has 9 nitrogen and oxygen atoms in total. The average molecular weight is 736 g/mol. The van der Waals surface area contributed by atoms with Crippen molar-refractivity contribution >= 4 is 56.9 Å². The van der Waals surface area contributed by atoms with Crippen LogP contribution in [0.25, 0.3) is 0 Å². The fraction of sp³-hybridized carbons (Fsp3) is 0.382. The maximum Gasteiger partial charge on any atom is 0.306 e. The average Bonchev–Trinajstić information content (AvgIpc) is 3.39. The highest BCUT2D eigenvalue weighted by Crippen LogP contribution is 2.45. The molecule has 3 aromatic carbocycles. The Morgan fingerprint density at radius 3 is 2.50 bits per heavy atom. The summed E-state index contributed by atoms with van der Waals surface area (Å²) in [5.74, 6) is -0.0612. The molecule has 0 spiro atoms. The van der Waals surface area contributed by atoms with Gasteiger partial charge in [0.1, 0.15) is 11.4 Å². The minimum atomic E-state index is -1.54. The first-order valence-electron chi connectivity index (χ1n) is 15.0. The van der Waals surface area contributed by atoms with E-state index in [-0.39, 0.29) is 25.3 Å². The van der Waals surface area contributed by atoms with E-state index < -0.39 is 29.1 Å². The molecule has 0 unspecified atom stereocenters. The normalized spacial score (nSPS) is 17.6. The van der Waals surface area contributed by atoms with Crippen LogP contribution in [0.1, 0.15) is 62.8 Å². The second-order valence-electron chi connectivity index (χ2n) is 11.8. The summed E-state index contributed by atoms with van der Waals surface area (Å²) in [4.78, 5) is 32.1. The van der Waals surface area contributed by atoms with E-state index in [0.29, 0.717) is 52.9 Å². The topological polar surface area (TPSA) is 118 Å². The Hall–Kier alpha value is -3.15. The lowest BCUT2D eigenvalue weighted by molar-refractivity contribution is -0.155. The van der Waals surface area contributed by atoms with Crippen LogP contribution in [0.4, 0.5) is 0 Å². The molecule has 0 aromatic heterocycles. The standard InChI is InChI=1S/C34H38BrCl2N3O6/c1-33(2,3)46-29(42)15-17-34(32(43)40-38-18-16-22-9-12-24(36)21-28(22)37)30(26-7-4-5-8-27(26)35)45-31(39-34)23-10-13-25(14-11-23)44-20-6-19-41/h4-5,7-14,21,30,38,41H,6,15-20H2,1-3H3,(H,40,43)/t30-,34-/m0/s1. The lowest BCUT2D eigenvalue weighted by atomic mass is 9.83. The number of hydrogen-bond acceptors (Lipinski definition) is 8. The molecule has 4 rings (SSSR count). The number of carbonyl (C=O) groups excluding carboxylic acids is 2. The molecule has 3 aromatic rings. The molecule has 246 valence electrons. The summed E-state index contributed by atoms with van der Waals surface area (Å²) in [6.45, 7) is 6.16. The molecule has 0 saturated heterocycles. The van der Waals surface area contributed by atoms with Crippen molar-refractivity contribution in [1.82, 2.24) is 10.9 Å². The van der Waals surface area contributed by atoms with Crippen molar-refractivity contribution in [2.45, 2.75) is 63.7 Å². The lowest BCUT2D eigenvalue weighted by Gasteiger charge is -2.31. The summed E-state index contributed by atoms with van der Waals surface area (Å²) in [6.07, 6.45) is 0.0852. The monoisotopic (exact) mass is 733 g/mol. The van der Waals surface area contributed by atoms with E-state index in [1.807, 2.05) is 30.3 Å². The molecule has 0 radical (unpaired) electrons. The fourth-order valence-corrected chi connectivity index (χ4v) is 5.89. The third kappa shape index (κ3) is 9.45. The molecule has 2 atom stereocenters. The van der Waals surface area contributed by atoms with Gasteiger partial charge in [0.15, 0.2) is 11.6 Å². The predicted octanol–water partition coefficient (Wildman–Crippen LogP) is 6.76. The number of esters is 1. The zero-order chi connectivity index (χ0) is 33.3. The highest BCUT2D eigenvalue weighted by atomic mass is 79.9. The summed E-state index contributed by atoms with van der Waals surface area (Å²) < 4.78 is 18.5. The highest BCUT2D eigenvalue weighted by Gasteiger charge is 2.54. The Bertz CT molecular complexity index is 1550. The first-order chi connectivity index (χ1) is 21.9. The van der Waals surface area contributed by atoms with Crippen LogP contribution in [0, 0.1) is 0 Å². The Morgan fingerprint density at radius 2 is 1.83 bits per heavy atom. The summed E-state index contributed by atoms with van der Waals surface area (Å²) in [5.41, 5.74) is 5.76. The molecule has 46 heavy (non-hydrogen) atoms. The van der Waals surface area contributed by atoms with Gasteiger partial charge in [-0.1, -0.05) is 63.4 Å². The van der Waals surface area contributed by atoms with Crippen LogP contribution in [0.3, 0.4) is 0 Å². The fourth-order valence-electron chi connectivity index (χ4n) is 4.89. The first kappa shape index (κ1) is 35.7. The summed E-state index contributed by atoms with van der Waals surface area (Å²) in [5, 5.41) is 10.1. The van der Waals surface area contributed by atoms with E-state index in [2.05, 4.69) is 26.8 Å². The lowest BCUT2D eigenvalue weighted by Crippen LogP contribution is -2.53. The molecular formula is C34H38BrCl2N3O6. The van der Waals surface area contributed by atoms with E-state index in [0.717, 1.165) is 10.0 Å². The number of rotatable bonds is 14. The second kappa shape index (κ2) is 16.1. The van der Waals surface area contributed by atoms with Gasteiger partial charge < -0.3 is 19.3 Å². The van der Waals surface area contributed by atoms with E-state index in [1.54, 1.807) is 57.2 Å². The van der Waals surface area contributed by atoms with Gasteiger partial charge in [0.05, 0.1) is 6.61 Å². The number of aliphatic hydroxyl groups is 1. The molecule has 0 fully saturated rings. The summed E-state index contributed by atoms with van der Waals surface area (Å²) in [7, 11) is 0. The van der Waals surface area contributed by atoms with Crippen molar-refractivity contribution in [2.75, 3.05) is 19.8 Å². The van der Waals surface area contributed by atoms with Crippen LogP contribution in [0.15, 0.2) is 76.2 Å². The second-order valence-corrected chi connectivity index (χ2v) is 13.5. The van der Waals surface area contributed by atoms with E-state index in [9.17, 15) is 9.59 Å². The molecule has 1 heterocycles. The Kier molecular flexibility index (Phi) is 12.5. The number of benzene rings is 3. The van der Waals surface area contributed by atoms with E-state index in [4.69, 9.17) is 47.5 Å². The van der Waals surface area contributed by atoms with Gasteiger partial charge in [-0.2, -0.15) is 0 Å². The minimum Gasteiger partial charge on any atom is -0.494 e. The van der Waals surface area contributed by atoms with E-state index >= 15 is 0 Å². The molecular weight excluding hydrogens is 697 g/mol. The summed E-state index contributed by atoms with van der Waals surface area (Å²) >= 11 is 16.0. The number of amides is 1. The number of halogens is 3. The van der Waals surface area contributed by atoms with Crippen LogP contribution in [0.2, 0.25) is 10.0 Å². The van der Waals surface area contributed by atoms with Crippen LogP contribution in [0.5, 0.6) is 5.75 Å². The van der Waals surface area contributed by atoms with Crippen molar-refractivity contribution < 1.29 is 28.9 Å². The molecule has 3 N–H and O–H groups in total. The van der Waals surface area contributed by atoms with Gasteiger partial charge in [-0.15, -0.1) is 0 Å². The molecule has 0 bridgehead atoms. The number of aliphatic hydroxyl groups excluding tert-OH is 1. The zero-order valence-corrected chi connectivity index (χ0v) is 29.0. The highest BCUT2D eigenvalue weighted by molar-refractivity contribution is 9.10. The predicted molar refractivity (Wildman–Crippen MR) is 182 cm³/mol. The number of nitrogens with one attached hydrogen (secondary N) is 2. The van der Waals surface area contributed by atoms with E-state index in [1.165, 1.54) is 0 Å². The van der Waals surface area contributed by atoms with Crippen LogP contribution >= 0.6 is 39.1 Å². The Balaban J connectivity index is 1.65. The molecule has 1 aliphatic heterocycles. The smallest absolute Gasteiger partial charge is 0.306 e. The largest absolute Gasteiger partial charge is 0.494 e. The van der Waals surface area contributed by atoms with Crippen LogP contribution < -0.4 is 15.6 Å². The van der Waals surface area contributed by atoms with Crippen LogP contribution in [-0.2, 0) is 25.5 Å². The number of carbonyl (C=O) groups is 2. The van der Waals surface area contributed by atoms with Gasteiger partial charge in [0.2, 0.25) is 5.90 Å². The van der Waals surface area contributed by atoms with Gasteiger partial charge in [0.25, 0.3) is 5.91 Å². The van der Waals surface area contributed by atoms with Gasteiger partial charge in [-0.25, -0.2) is 10.4 Å². The SMILES string of the molecule is CC(C)(C)OC(=O)CC[C@]1(C(=O)NNCCc2ccc(Cl)cc2Cl)N=C(c2ccc(OCCCO)cc2)O[C@H]1c1ccccc1Br. The quantitative estimate of drug-likeness (QED) is 0.0952. The molecule has 1 aliphatic rings. The van der Waals surface area contributed by atoms with Crippen molar-refractivity contribution in [3.63, 3.8) is 0 Å². The molecule has 1 amide bonds. The maximum atomic E-state index is 14.2. The zero-order valence-electron chi connectivity index (χ0n) is 25.9. The molecule has 0 saturated carbocycles.